The van der Waals surface area contributed by atoms with E-state index in [1.165, 1.54) is 22.4 Å². The lowest BCUT2D eigenvalue weighted by molar-refractivity contribution is 0.380. The maximum atomic E-state index is 6.02. The largest absolute Gasteiger partial charge is 0.462 e. The van der Waals surface area contributed by atoms with E-state index in [1.807, 2.05) is 18.7 Å². The molecule has 0 aromatic heterocycles. The van der Waals surface area contributed by atoms with E-state index in [2.05, 4.69) is 93.3 Å². The lowest BCUT2D eigenvalue weighted by atomic mass is 10.1. The summed E-state index contributed by atoms with van der Waals surface area (Å²) < 4.78 is 6.02. The van der Waals surface area contributed by atoms with E-state index < -0.39 is 0 Å². The number of rotatable bonds is 12. The monoisotopic (exact) mass is 421 g/mol. The van der Waals surface area contributed by atoms with Crippen molar-refractivity contribution in [1.82, 2.24) is 5.32 Å². The molecule has 30 heavy (non-hydrogen) atoms. The molecule has 0 saturated carbocycles. The van der Waals surface area contributed by atoms with Crippen molar-refractivity contribution in [1.29, 1.82) is 0 Å². The number of thioether (sulfide) groups is 1. The predicted molar refractivity (Wildman–Crippen MR) is 133 cm³/mol. The van der Waals surface area contributed by atoms with Crippen LogP contribution in [0.5, 0.6) is 0 Å². The summed E-state index contributed by atoms with van der Waals surface area (Å²) in [5.74, 6) is 3.54. The third kappa shape index (κ3) is 8.16. The number of hydrogen-bond acceptors (Lipinski definition) is 3. The van der Waals surface area contributed by atoms with Crippen LogP contribution < -0.4 is 5.32 Å². The van der Waals surface area contributed by atoms with Gasteiger partial charge in [-0.1, -0.05) is 81.1 Å². The van der Waals surface area contributed by atoms with E-state index in [9.17, 15) is 0 Å². The normalized spacial score (nSPS) is 12.3. The highest BCUT2D eigenvalue weighted by atomic mass is 32.2. The Hall–Kier alpha value is -2.39. The molecule has 3 heteroatoms. The molecule has 0 bridgehead atoms. The summed E-state index contributed by atoms with van der Waals surface area (Å²) in [4.78, 5) is 0. The Kier molecular flexibility index (Phi) is 10.4. The minimum atomic E-state index is 0.704. The second-order valence-corrected chi connectivity index (χ2v) is 8.37. The Morgan fingerprint density at radius 3 is 2.30 bits per heavy atom. The van der Waals surface area contributed by atoms with Gasteiger partial charge in [0.25, 0.3) is 0 Å². The van der Waals surface area contributed by atoms with Gasteiger partial charge in [0.1, 0.15) is 11.5 Å². The van der Waals surface area contributed by atoms with Gasteiger partial charge in [0.2, 0.25) is 0 Å². The van der Waals surface area contributed by atoms with Gasteiger partial charge in [-0.25, -0.2) is 0 Å². The molecule has 0 atom stereocenters. The van der Waals surface area contributed by atoms with E-state index in [1.54, 1.807) is 0 Å². The van der Waals surface area contributed by atoms with Gasteiger partial charge in [-0.15, -0.1) is 0 Å². The maximum Gasteiger partial charge on any atom is 0.126 e. The molecule has 0 aliphatic rings. The molecule has 1 N–H and O–H groups in total. The van der Waals surface area contributed by atoms with Gasteiger partial charge in [-0.3, -0.25) is 0 Å². The smallest absolute Gasteiger partial charge is 0.126 e. The molecule has 0 spiro atoms. The fourth-order valence-corrected chi connectivity index (χ4v) is 3.96. The minimum Gasteiger partial charge on any atom is -0.462 e. The molecule has 0 fully saturated rings. The summed E-state index contributed by atoms with van der Waals surface area (Å²) in [6.45, 7) is 13.5. The molecule has 2 aromatic rings. The highest BCUT2D eigenvalue weighted by Crippen LogP contribution is 2.22. The number of allylic oxidation sites excluding steroid dienone is 2. The Morgan fingerprint density at radius 1 is 0.967 bits per heavy atom. The Bertz CT molecular complexity index is 850. The zero-order chi connectivity index (χ0) is 21.8. The van der Waals surface area contributed by atoms with Crippen LogP contribution in [0.15, 0.2) is 84.3 Å². The third-order valence-corrected chi connectivity index (χ3v) is 6.10. The molecule has 160 valence electrons. The van der Waals surface area contributed by atoms with Crippen LogP contribution in [-0.2, 0) is 17.7 Å². The SMILES string of the molecule is C=C(O/C(C)=C(\C)CSCC(=CCC)NCc1ccccc1)c1ccc(CC)cc1. The molecule has 0 unspecified atom stereocenters. The van der Waals surface area contributed by atoms with Crippen molar-refractivity contribution in [3.8, 4) is 0 Å². The molecule has 0 amide bonds. The minimum absolute atomic E-state index is 0.704. The van der Waals surface area contributed by atoms with Crippen molar-refractivity contribution in [3.05, 3.63) is 101 Å². The maximum absolute atomic E-state index is 6.02. The number of ether oxygens (including phenoxy) is 1. The van der Waals surface area contributed by atoms with Crippen molar-refractivity contribution in [2.45, 2.75) is 47.1 Å². The van der Waals surface area contributed by atoms with Crippen LogP contribution in [0.4, 0.5) is 0 Å². The summed E-state index contributed by atoms with van der Waals surface area (Å²) in [6, 6.07) is 19.0. The molecule has 0 heterocycles. The van der Waals surface area contributed by atoms with Crippen LogP contribution in [0, 0.1) is 0 Å². The van der Waals surface area contributed by atoms with E-state index in [4.69, 9.17) is 4.74 Å². The first-order valence-electron chi connectivity index (χ1n) is 10.7. The fraction of sp³-hybridized carbons (Fsp3) is 0.333. The molecule has 0 saturated heterocycles. The standard InChI is InChI=1S/C27H35NOS/c1-6-11-27(28-18-25-12-9-8-10-13-25)20-30-19-21(3)22(4)29-23(5)26-16-14-24(7-2)15-17-26/h8-17,28H,5-7,18-20H2,1-4H3/b22-21+,27-11?. The summed E-state index contributed by atoms with van der Waals surface area (Å²) in [7, 11) is 0. The summed E-state index contributed by atoms with van der Waals surface area (Å²) in [6.07, 6.45) is 4.35. The lowest BCUT2D eigenvalue weighted by Gasteiger charge is -2.14. The van der Waals surface area contributed by atoms with E-state index >= 15 is 0 Å². The zero-order valence-electron chi connectivity index (χ0n) is 18.8. The molecule has 0 aliphatic carbocycles. The fourth-order valence-electron chi connectivity index (χ4n) is 2.91. The summed E-state index contributed by atoms with van der Waals surface area (Å²) in [5, 5.41) is 3.58. The van der Waals surface area contributed by atoms with Crippen molar-refractivity contribution in [2.75, 3.05) is 11.5 Å². The highest BCUT2D eigenvalue weighted by molar-refractivity contribution is 7.99. The first kappa shape index (κ1) is 23.9. The molecule has 2 nitrogen and oxygen atoms in total. The van der Waals surface area contributed by atoms with Gasteiger partial charge >= 0.3 is 0 Å². The Labute approximate surface area is 187 Å². The number of nitrogens with one attached hydrogen (secondary N) is 1. The average Bonchev–Trinajstić information content (AvgIpc) is 2.78. The van der Waals surface area contributed by atoms with Gasteiger partial charge < -0.3 is 10.1 Å². The van der Waals surface area contributed by atoms with Crippen LogP contribution in [-0.4, -0.2) is 11.5 Å². The summed E-state index contributed by atoms with van der Waals surface area (Å²) in [5.41, 5.74) is 6.19. The summed E-state index contributed by atoms with van der Waals surface area (Å²) >= 11 is 1.90. The van der Waals surface area contributed by atoms with Crippen LogP contribution in [0.2, 0.25) is 0 Å². The van der Waals surface area contributed by atoms with Crippen molar-refractivity contribution >= 4 is 17.5 Å². The van der Waals surface area contributed by atoms with Crippen molar-refractivity contribution < 1.29 is 4.74 Å². The molecule has 2 rings (SSSR count). The predicted octanol–water partition coefficient (Wildman–Crippen LogP) is 7.35. The van der Waals surface area contributed by atoms with Crippen LogP contribution in [0.25, 0.3) is 5.76 Å². The number of aryl methyl sites for hydroxylation is 1. The van der Waals surface area contributed by atoms with Gasteiger partial charge in [0, 0.05) is 29.3 Å². The molecular formula is C27H35NOS. The van der Waals surface area contributed by atoms with Gasteiger partial charge in [-0.05, 0) is 43.4 Å². The van der Waals surface area contributed by atoms with Gasteiger partial charge in [-0.2, -0.15) is 11.8 Å². The van der Waals surface area contributed by atoms with E-state index in [0.29, 0.717) is 5.76 Å². The highest BCUT2D eigenvalue weighted by Gasteiger charge is 2.06. The van der Waals surface area contributed by atoms with Crippen molar-refractivity contribution in [2.24, 2.45) is 0 Å². The van der Waals surface area contributed by atoms with Crippen LogP contribution in [0.3, 0.4) is 0 Å². The second-order valence-electron chi connectivity index (χ2n) is 7.38. The molecule has 0 aliphatic heterocycles. The molecular weight excluding hydrogens is 386 g/mol. The van der Waals surface area contributed by atoms with E-state index in [-0.39, 0.29) is 0 Å². The molecule has 0 radical (unpaired) electrons. The second kappa shape index (κ2) is 13.0. The first-order valence-corrected chi connectivity index (χ1v) is 11.9. The Morgan fingerprint density at radius 2 is 1.67 bits per heavy atom. The zero-order valence-corrected chi connectivity index (χ0v) is 19.6. The average molecular weight is 422 g/mol. The topological polar surface area (TPSA) is 21.3 Å². The first-order chi connectivity index (χ1) is 14.5. The number of hydrogen-bond donors (Lipinski definition) is 1. The molecule has 2 aromatic carbocycles. The van der Waals surface area contributed by atoms with Crippen molar-refractivity contribution in [3.63, 3.8) is 0 Å². The van der Waals surface area contributed by atoms with Crippen LogP contribution >= 0.6 is 11.8 Å². The van der Waals surface area contributed by atoms with Gasteiger partial charge in [0.05, 0.1) is 0 Å². The van der Waals surface area contributed by atoms with Crippen LogP contribution in [0.1, 0.15) is 50.8 Å². The van der Waals surface area contributed by atoms with E-state index in [0.717, 1.165) is 42.2 Å². The quantitative estimate of drug-likeness (QED) is 0.362. The third-order valence-electron chi connectivity index (χ3n) is 4.95. The van der Waals surface area contributed by atoms with Gasteiger partial charge in [0.15, 0.2) is 0 Å². The number of benzene rings is 2. The lowest BCUT2D eigenvalue weighted by Crippen LogP contribution is -2.15. The Balaban J connectivity index is 1.83.